The smallest absolute Gasteiger partial charge is 0.196 e. The van der Waals surface area contributed by atoms with Crippen molar-refractivity contribution in [3.63, 3.8) is 0 Å². The van der Waals surface area contributed by atoms with Crippen LogP contribution in [0.15, 0.2) is 90.2 Å². The minimum atomic E-state index is -0.360. The van der Waals surface area contributed by atoms with Crippen LogP contribution in [0.4, 0.5) is 4.39 Å². The largest absolute Gasteiger partial charge is 0.497 e. The second-order valence-electron chi connectivity index (χ2n) is 7.43. The monoisotopic (exact) mass is 472 g/mol. The molecule has 5 rings (SSSR count). The molecule has 0 saturated carbocycles. The van der Waals surface area contributed by atoms with Gasteiger partial charge in [-0.25, -0.2) is 4.39 Å². The van der Waals surface area contributed by atoms with Crippen molar-refractivity contribution in [2.45, 2.75) is 17.5 Å². The molecule has 0 aliphatic heterocycles. The molecule has 0 unspecified atom stereocenters. The number of nitrogens with zero attached hydrogens (tertiary/aromatic N) is 4. The molecule has 0 N–H and O–H groups in total. The Bertz CT molecular complexity index is 1420. The number of fused-ring (bicyclic) bond motifs is 1. The van der Waals surface area contributed by atoms with Crippen molar-refractivity contribution in [1.29, 1.82) is 0 Å². The topological polar surface area (TPSA) is 62.1 Å². The molecule has 0 radical (unpaired) electrons. The molecule has 3 aromatic carbocycles. The molecule has 34 heavy (non-hydrogen) atoms. The average molecular weight is 473 g/mol. The van der Waals surface area contributed by atoms with Gasteiger partial charge in [0, 0.05) is 17.3 Å². The first-order valence-electron chi connectivity index (χ1n) is 10.6. The number of thioether (sulfide) groups is 1. The predicted octanol–water partition coefficient (Wildman–Crippen LogP) is 5.83. The number of benzene rings is 3. The summed E-state index contributed by atoms with van der Waals surface area (Å²) in [5.41, 5.74) is 2.39. The summed E-state index contributed by atoms with van der Waals surface area (Å²) in [6.07, 6.45) is 1.78. The van der Waals surface area contributed by atoms with E-state index in [9.17, 15) is 4.39 Å². The van der Waals surface area contributed by atoms with Crippen molar-refractivity contribution in [1.82, 2.24) is 19.7 Å². The Morgan fingerprint density at radius 3 is 2.50 bits per heavy atom. The molecule has 0 aliphatic rings. The van der Waals surface area contributed by atoms with Gasteiger partial charge in [0.05, 0.1) is 18.3 Å². The first-order valence-corrected chi connectivity index (χ1v) is 11.6. The van der Waals surface area contributed by atoms with E-state index in [0.29, 0.717) is 28.2 Å². The molecule has 0 atom stereocenters. The van der Waals surface area contributed by atoms with E-state index in [0.717, 1.165) is 22.2 Å². The molecule has 0 fully saturated rings. The number of hydrogen-bond acceptors (Lipinski definition) is 6. The van der Waals surface area contributed by atoms with Gasteiger partial charge in [0.25, 0.3) is 0 Å². The molecule has 0 amide bonds. The SMILES string of the molecule is COc1ccc(OCc2nnc(SCc3cccc4cccnc34)n2-c2ccccc2F)cc1. The summed E-state index contributed by atoms with van der Waals surface area (Å²) in [5.74, 6) is 2.14. The molecular weight excluding hydrogens is 451 g/mol. The molecule has 8 heteroatoms. The molecule has 5 aromatic rings. The molecule has 170 valence electrons. The Kier molecular flexibility index (Phi) is 6.40. The van der Waals surface area contributed by atoms with Gasteiger partial charge < -0.3 is 9.47 Å². The molecular formula is C26H21FN4O2S. The minimum absolute atomic E-state index is 0.129. The molecule has 2 aromatic heterocycles. The van der Waals surface area contributed by atoms with E-state index in [1.807, 2.05) is 54.6 Å². The van der Waals surface area contributed by atoms with Crippen LogP contribution in [0.1, 0.15) is 11.4 Å². The lowest BCUT2D eigenvalue weighted by Crippen LogP contribution is -2.08. The highest BCUT2D eigenvalue weighted by Crippen LogP contribution is 2.29. The van der Waals surface area contributed by atoms with Crippen molar-refractivity contribution in [2.24, 2.45) is 0 Å². The number of para-hydroxylation sites is 2. The van der Waals surface area contributed by atoms with E-state index >= 15 is 0 Å². The van der Waals surface area contributed by atoms with Gasteiger partial charge in [0.2, 0.25) is 0 Å². The Labute approximate surface area is 200 Å². The van der Waals surface area contributed by atoms with Crippen molar-refractivity contribution in [2.75, 3.05) is 7.11 Å². The van der Waals surface area contributed by atoms with Gasteiger partial charge in [-0.3, -0.25) is 9.55 Å². The Morgan fingerprint density at radius 2 is 1.68 bits per heavy atom. The lowest BCUT2D eigenvalue weighted by Gasteiger charge is -2.12. The normalized spacial score (nSPS) is 11.0. The van der Waals surface area contributed by atoms with Gasteiger partial charge in [-0.1, -0.05) is 48.2 Å². The van der Waals surface area contributed by atoms with Crippen LogP contribution < -0.4 is 9.47 Å². The van der Waals surface area contributed by atoms with Crippen molar-refractivity contribution in [3.8, 4) is 17.2 Å². The van der Waals surface area contributed by atoms with Crippen molar-refractivity contribution in [3.05, 3.63) is 102 Å². The fraction of sp³-hybridized carbons (Fsp3) is 0.115. The van der Waals surface area contributed by atoms with Crippen LogP contribution in [-0.2, 0) is 12.4 Å². The van der Waals surface area contributed by atoms with Crippen molar-refractivity contribution < 1.29 is 13.9 Å². The fourth-order valence-electron chi connectivity index (χ4n) is 3.61. The molecule has 6 nitrogen and oxygen atoms in total. The molecule has 0 saturated heterocycles. The number of rotatable bonds is 8. The van der Waals surface area contributed by atoms with E-state index in [4.69, 9.17) is 9.47 Å². The summed E-state index contributed by atoms with van der Waals surface area (Å²) in [5, 5.41) is 10.3. The highest BCUT2D eigenvalue weighted by atomic mass is 32.2. The predicted molar refractivity (Wildman–Crippen MR) is 130 cm³/mol. The zero-order valence-corrected chi connectivity index (χ0v) is 19.2. The maximum absolute atomic E-state index is 14.8. The number of hydrogen-bond donors (Lipinski definition) is 0. The highest BCUT2D eigenvalue weighted by Gasteiger charge is 2.18. The zero-order valence-electron chi connectivity index (χ0n) is 18.4. The summed E-state index contributed by atoms with van der Waals surface area (Å²) in [6.45, 7) is 0.129. The van der Waals surface area contributed by atoms with Crippen LogP contribution in [0.5, 0.6) is 11.5 Å². The van der Waals surface area contributed by atoms with Gasteiger partial charge in [-0.05, 0) is 48.0 Å². The zero-order chi connectivity index (χ0) is 23.3. The summed E-state index contributed by atoms with van der Waals surface area (Å²) in [4.78, 5) is 4.52. The van der Waals surface area contributed by atoms with Crippen LogP contribution >= 0.6 is 11.8 Å². The lowest BCUT2D eigenvalue weighted by molar-refractivity contribution is 0.292. The van der Waals surface area contributed by atoms with E-state index in [1.165, 1.54) is 17.8 Å². The van der Waals surface area contributed by atoms with E-state index in [2.05, 4.69) is 15.2 Å². The lowest BCUT2D eigenvalue weighted by atomic mass is 10.1. The molecule has 2 heterocycles. The molecule has 0 aliphatic carbocycles. The second kappa shape index (κ2) is 9.93. The molecule has 0 bridgehead atoms. The Balaban J connectivity index is 1.43. The van der Waals surface area contributed by atoms with E-state index in [-0.39, 0.29) is 12.4 Å². The number of pyridine rings is 1. The highest BCUT2D eigenvalue weighted by molar-refractivity contribution is 7.98. The molecule has 0 spiro atoms. The summed E-state index contributed by atoms with van der Waals surface area (Å²) in [6, 6.07) is 23.9. The Morgan fingerprint density at radius 1 is 0.882 bits per heavy atom. The third kappa shape index (κ3) is 4.58. The first kappa shape index (κ1) is 21.9. The third-order valence-electron chi connectivity index (χ3n) is 5.29. The quantitative estimate of drug-likeness (QED) is 0.265. The van der Waals surface area contributed by atoms with Crippen LogP contribution in [0.2, 0.25) is 0 Å². The van der Waals surface area contributed by atoms with Crippen molar-refractivity contribution >= 4 is 22.7 Å². The first-order chi connectivity index (χ1) is 16.7. The van der Waals surface area contributed by atoms with Crippen LogP contribution in [0.3, 0.4) is 0 Å². The van der Waals surface area contributed by atoms with Crippen LogP contribution in [0, 0.1) is 5.82 Å². The number of ether oxygens (including phenoxy) is 2. The fourth-order valence-corrected chi connectivity index (χ4v) is 4.56. The van der Waals surface area contributed by atoms with Gasteiger partial charge in [0.1, 0.15) is 23.9 Å². The van der Waals surface area contributed by atoms with Gasteiger partial charge >= 0.3 is 0 Å². The van der Waals surface area contributed by atoms with Gasteiger partial charge in [-0.15, -0.1) is 10.2 Å². The van der Waals surface area contributed by atoms with E-state index in [1.54, 1.807) is 36.1 Å². The maximum atomic E-state index is 14.8. The van der Waals surface area contributed by atoms with Gasteiger partial charge in [-0.2, -0.15) is 0 Å². The number of aromatic nitrogens is 4. The average Bonchev–Trinajstić information content (AvgIpc) is 3.29. The van der Waals surface area contributed by atoms with E-state index < -0.39 is 0 Å². The maximum Gasteiger partial charge on any atom is 0.196 e. The summed E-state index contributed by atoms with van der Waals surface area (Å²) in [7, 11) is 1.61. The standard InChI is InChI=1S/C26H21FN4O2S/c1-32-20-11-13-21(14-12-20)33-16-24-29-30-26(31(24)23-10-3-2-9-22(23)27)34-17-19-7-4-6-18-8-5-15-28-25(18)19/h2-15H,16-17H2,1H3. The van der Waals surface area contributed by atoms with Crippen LogP contribution in [0.25, 0.3) is 16.6 Å². The number of methoxy groups -OCH3 is 1. The van der Waals surface area contributed by atoms with Gasteiger partial charge in [0.15, 0.2) is 11.0 Å². The van der Waals surface area contributed by atoms with Crippen LogP contribution in [-0.4, -0.2) is 26.9 Å². The number of halogens is 1. The minimum Gasteiger partial charge on any atom is -0.497 e. The third-order valence-corrected chi connectivity index (χ3v) is 6.27. The second-order valence-corrected chi connectivity index (χ2v) is 8.37. The summed E-state index contributed by atoms with van der Waals surface area (Å²) < 4.78 is 27.6. The summed E-state index contributed by atoms with van der Waals surface area (Å²) >= 11 is 1.48. The Hall–Kier alpha value is -3.91.